The molecule has 3 rings (SSSR count). The second-order valence-corrected chi connectivity index (χ2v) is 6.91. The Morgan fingerprint density at radius 1 is 1.24 bits per heavy atom. The molecule has 1 amide bonds. The second-order valence-electron chi connectivity index (χ2n) is 6.91. The van der Waals surface area contributed by atoms with Gasteiger partial charge < -0.3 is 5.32 Å². The van der Waals surface area contributed by atoms with E-state index in [9.17, 15) is 9.59 Å². The van der Waals surface area contributed by atoms with E-state index >= 15 is 0 Å². The quantitative estimate of drug-likeness (QED) is 0.846. The van der Waals surface area contributed by atoms with Crippen LogP contribution in [-0.4, -0.2) is 11.7 Å². The minimum Gasteiger partial charge on any atom is -0.328 e. The van der Waals surface area contributed by atoms with E-state index in [-0.39, 0.29) is 28.4 Å². The molecule has 1 aromatic rings. The van der Waals surface area contributed by atoms with Gasteiger partial charge >= 0.3 is 0 Å². The summed E-state index contributed by atoms with van der Waals surface area (Å²) in [6.45, 7) is 6.40. The van der Waals surface area contributed by atoms with E-state index in [4.69, 9.17) is 0 Å². The minimum absolute atomic E-state index is 0.0204. The molecule has 0 heterocycles. The molecule has 2 atom stereocenters. The van der Waals surface area contributed by atoms with Gasteiger partial charge in [0.1, 0.15) is 0 Å². The molecular formula is C18H21NO2. The van der Waals surface area contributed by atoms with E-state index in [0.29, 0.717) is 5.56 Å². The lowest BCUT2D eigenvalue weighted by Gasteiger charge is -2.31. The summed E-state index contributed by atoms with van der Waals surface area (Å²) in [6.07, 6.45) is 3.63. The molecule has 1 N–H and O–H groups in total. The molecule has 3 heteroatoms. The first-order valence-corrected chi connectivity index (χ1v) is 7.49. The molecule has 0 aromatic heterocycles. The first kappa shape index (κ1) is 14.1. The molecule has 21 heavy (non-hydrogen) atoms. The molecule has 1 aromatic carbocycles. The molecule has 2 aliphatic carbocycles. The van der Waals surface area contributed by atoms with E-state index in [1.807, 2.05) is 18.2 Å². The van der Waals surface area contributed by atoms with E-state index in [1.165, 1.54) is 0 Å². The van der Waals surface area contributed by atoms with Crippen LogP contribution in [0, 0.1) is 16.7 Å². The van der Waals surface area contributed by atoms with Crippen molar-refractivity contribution in [2.24, 2.45) is 16.7 Å². The van der Waals surface area contributed by atoms with Gasteiger partial charge in [0, 0.05) is 22.8 Å². The molecule has 2 bridgehead atoms. The molecular weight excluding hydrogens is 262 g/mol. The minimum atomic E-state index is -0.277. The molecule has 3 nitrogen and oxygen atoms in total. The molecule has 0 unspecified atom stereocenters. The van der Waals surface area contributed by atoms with E-state index in [2.05, 4.69) is 26.1 Å². The fraction of sp³-hybridized carbons (Fsp3) is 0.444. The lowest BCUT2D eigenvalue weighted by Crippen LogP contribution is -2.32. The van der Waals surface area contributed by atoms with Crippen LogP contribution in [-0.2, 0) is 4.79 Å². The van der Waals surface area contributed by atoms with Crippen molar-refractivity contribution in [1.29, 1.82) is 0 Å². The van der Waals surface area contributed by atoms with Crippen LogP contribution in [0.1, 0.15) is 44.0 Å². The molecule has 2 saturated carbocycles. The average Bonchev–Trinajstić information content (AvgIpc) is 2.78. The van der Waals surface area contributed by atoms with E-state index in [1.54, 1.807) is 18.3 Å². The zero-order chi connectivity index (χ0) is 15.3. The smallest absolute Gasteiger partial charge is 0.255 e. The number of nitrogens with one attached hydrogen (secondary N) is 1. The highest BCUT2D eigenvalue weighted by molar-refractivity contribution is 6.05. The maximum Gasteiger partial charge on any atom is 0.255 e. The van der Waals surface area contributed by atoms with Crippen molar-refractivity contribution in [3.05, 3.63) is 47.7 Å². The number of hydrogen-bond acceptors (Lipinski definition) is 2. The largest absolute Gasteiger partial charge is 0.328 e. The third kappa shape index (κ3) is 1.87. The third-order valence-electron chi connectivity index (χ3n) is 5.76. The summed E-state index contributed by atoms with van der Waals surface area (Å²) >= 11 is 0. The van der Waals surface area contributed by atoms with Gasteiger partial charge in [-0.1, -0.05) is 39.0 Å². The predicted octanol–water partition coefficient (Wildman–Crippen LogP) is 3.33. The van der Waals surface area contributed by atoms with Crippen molar-refractivity contribution in [1.82, 2.24) is 5.32 Å². The van der Waals surface area contributed by atoms with Crippen LogP contribution in [0.15, 0.2) is 42.1 Å². The highest BCUT2D eigenvalue weighted by atomic mass is 16.1. The van der Waals surface area contributed by atoms with Crippen LogP contribution >= 0.6 is 0 Å². The summed E-state index contributed by atoms with van der Waals surface area (Å²) in [5, 5.41) is 2.79. The Bertz CT molecular complexity index is 630. The lowest BCUT2D eigenvalue weighted by molar-refractivity contribution is -0.125. The van der Waals surface area contributed by atoms with Crippen molar-refractivity contribution < 1.29 is 9.59 Å². The highest BCUT2D eigenvalue weighted by Crippen LogP contribution is 2.65. The predicted molar refractivity (Wildman–Crippen MR) is 81.6 cm³/mol. The summed E-state index contributed by atoms with van der Waals surface area (Å²) in [7, 11) is 0. The number of allylic oxidation sites excluding steroid dienone is 1. The zero-order valence-corrected chi connectivity index (χ0v) is 12.8. The monoisotopic (exact) mass is 283 g/mol. The topological polar surface area (TPSA) is 46.2 Å². The summed E-state index contributed by atoms with van der Waals surface area (Å²) in [5.41, 5.74) is 1.10. The molecule has 0 saturated heterocycles. The van der Waals surface area contributed by atoms with Gasteiger partial charge in [0.25, 0.3) is 5.91 Å². The first-order chi connectivity index (χ1) is 9.88. The van der Waals surface area contributed by atoms with Crippen LogP contribution in [0.2, 0.25) is 0 Å². The SMILES string of the molecule is CC1(C)[C@H]2CC[C@@]1(C)C(=O)/C2=C\NC(=O)c1ccccc1. The van der Waals surface area contributed by atoms with Gasteiger partial charge in [-0.05, 0) is 36.3 Å². The van der Waals surface area contributed by atoms with Crippen molar-refractivity contribution in [2.75, 3.05) is 0 Å². The van der Waals surface area contributed by atoms with Gasteiger partial charge in [-0.2, -0.15) is 0 Å². The highest BCUT2D eigenvalue weighted by Gasteiger charge is 2.63. The Labute approximate surface area is 125 Å². The van der Waals surface area contributed by atoms with Gasteiger partial charge in [-0.25, -0.2) is 0 Å². The van der Waals surface area contributed by atoms with Crippen LogP contribution < -0.4 is 5.32 Å². The summed E-state index contributed by atoms with van der Waals surface area (Å²) in [6, 6.07) is 9.06. The summed E-state index contributed by atoms with van der Waals surface area (Å²) in [4.78, 5) is 24.7. The number of ketones is 1. The van der Waals surface area contributed by atoms with Crippen molar-refractivity contribution in [3.8, 4) is 0 Å². The Balaban J connectivity index is 1.83. The molecule has 0 radical (unpaired) electrons. The number of fused-ring (bicyclic) bond motifs is 2. The van der Waals surface area contributed by atoms with Crippen molar-refractivity contribution in [3.63, 3.8) is 0 Å². The number of rotatable bonds is 2. The maximum absolute atomic E-state index is 12.6. The Morgan fingerprint density at radius 2 is 1.90 bits per heavy atom. The molecule has 0 spiro atoms. The molecule has 0 aliphatic heterocycles. The van der Waals surface area contributed by atoms with Gasteiger partial charge in [0.05, 0.1) is 0 Å². The van der Waals surface area contributed by atoms with E-state index in [0.717, 1.165) is 18.4 Å². The van der Waals surface area contributed by atoms with Crippen molar-refractivity contribution in [2.45, 2.75) is 33.6 Å². The summed E-state index contributed by atoms with van der Waals surface area (Å²) in [5.74, 6) is 0.296. The number of amides is 1. The fourth-order valence-corrected chi connectivity index (χ4v) is 3.91. The normalized spacial score (nSPS) is 31.7. The Hall–Kier alpha value is -1.90. The van der Waals surface area contributed by atoms with Gasteiger partial charge in [0.2, 0.25) is 0 Å². The standard InChI is InChI=1S/C18H21NO2/c1-17(2)14-9-10-18(17,3)15(20)13(14)11-19-16(21)12-7-5-4-6-8-12/h4-8,11,14H,9-10H2,1-3H3,(H,19,21)/b13-11-/t14-,18-/m0/s1. The molecule has 110 valence electrons. The van der Waals surface area contributed by atoms with Gasteiger partial charge in [0.15, 0.2) is 5.78 Å². The Morgan fingerprint density at radius 3 is 2.48 bits per heavy atom. The number of carbonyl (C=O) groups is 2. The fourth-order valence-electron chi connectivity index (χ4n) is 3.91. The first-order valence-electron chi connectivity index (χ1n) is 7.49. The lowest BCUT2D eigenvalue weighted by atomic mass is 9.70. The van der Waals surface area contributed by atoms with E-state index < -0.39 is 0 Å². The summed E-state index contributed by atoms with van der Waals surface area (Å²) < 4.78 is 0. The van der Waals surface area contributed by atoms with Crippen LogP contribution in [0.25, 0.3) is 0 Å². The Kier molecular flexibility index (Phi) is 3.05. The average molecular weight is 283 g/mol. The number of benzene rings is 1. The second kappa shape index (κ2) is 4.55. The zero-order valence-electron chi connectivity index (χ0n) is 12.8. The van der Waals surface area contributed by atoms with Crippen LogP contribution in [0.3, 0.4) is 0 Å². The van der Waals surface area contributed by atoms with Gasteiger partial charge in [-0.3, -0.25) is 9.59 Å². The molecule has 2 aliphatic rings. The number of Topliss-reactive ketones (excluding diaryl/α,β-unsaturated/α-hetero) is 1. The van der Waals surface area contributed by atoms with Crippen LogP contribution in [0.4, 0.5) is 0 Å². The van der Waals surface area contributed by atoms with Crippen LogP contribution in [0.5, 0.6) is 0 Å². The van der Waals surface area contributed by atoms with Crippen molar-refractivity contribution >= 4 is 11.7 Å². The molecule has 2 fully saturated rings. The number of hydrogen-bond donors (Lipinski definition) is 1. The number of carbonyl (C=O) groups excluding carboxylic acids is 2. The third-order valence-corrected chi connectivity index (χ3v) is 5.76. The maximum atomic E-state index is 12.6. The van der Waals surface area contributed by atoms with Gasteiger partial charge in [-0.15, -0.1) is 0 Å².